The van der Waals surface area contributed by atoms with Crippen molar-refractivity contribution in [3.8, 4) is 0 Å². The summed E-state index contributed by atoms with van der Waals surface area (Å²) < 4.78 is 0. The molecule has 0 radical (unpaired) electrons. The van der Waals surface area contributed by atoms with E-state index < -0.39 is 0 Å². The Morgan fingerprint density at radius 3 is 2.93 bits per heavy atom. The second-order valence-electron chi connectivity index (χ2n) is 4.58. The average Bonchev–Trinajstić information content (AvgIpc) is 2.81. The SMILES string of the molecule is C[C@H](NCc1cccnc1)C1CCCC1. The van der Waals surface area contributed by atoms with Crippen LogP contribution >= 0.6 is 0 Å². The van der Waals surface area contributed by atoms with Crippen LogP contribution in [0.15, 0.2) is 24.5 Å². The zero-order chi connectivity index (χ0) is 10.5. The van der Waals surface area contributed by atoms with Gasteiger partial charge in [0.25, 0.3) is 0 Å². The Kier molecular flexibility index (Phi) is 3.73. The fourth-order valence-corrected chi connectivity index (χ4v) is 2.41. The van der Waals surface area contributed by atoms with Crippen molar-refractivity contribution in [1.82, 2.24) is 10.3 Å². The minimum atomic E-state index is 0.646. The van der Waals surface area contributed by atoms with Crippen LogP contribution in [-0.2, 0) is 6.54 Å². The number of aromatic nitrogens is 1. The summed E-state index contributed by atoms with van der Waals surface area (Å²) in [6.45, 7) is 3.26. The molecule has 0 bridgehead atoms. The largest absolute Gasteiger partial charge is 0.310 e. The van der Waals surface area contributed by atoms with Gasteiger partial charge in [0.2, 0.25) is 0 Å². The van der Waals surface area contributed by atoms with Gasteiger partial charge in [-0.15, -0.1) is 0 Å². The summed E-state index contributed by atoms with van der Waals surface area (Å²) in [5.41, 5.74) is 1.28. The minimum absolute atomic E-state index is 0.646. The van der Waals surface area contributed by atoms with E-state index in [1.54, 1.807) is 0 Å². The molecule has 1 heterocycles. The summed E-state index contributed by atoms with van der Waals surface area (Å²) >= 11 is 0. The third kappa shape index (κ3) is 3.03. The molecule has 1 N–H and O–H groups in total. The number of hydrogen-bond donors (Lipinski definition) is 1. The maximum Gasteiger partial charge on any atom is 0.0312 e. The van der Waals surface area contributed by atoms with Crippen LogP contribution in [0.4, 0.5) is 0 Å². The first-order chi connectivity index (χ1) is 7.36. The molecule has 1 saturated carbocycles. The molecule has 0 aliphatic heterocycles. The summed E-state index contributed by atoms with van der Waals surface area (Å²) in [7, 11) is 0. The number of pyridine rings is 1. The lowest BCUT2D eigenvalue weighted by atomic mass is 10.00. The fourth-order valence-electron chi connectivity index (χ4n) is 2.41. The molecule has 1 aliphatic carbocycles. The van der Waals surface area contributed by atoms with E-state index in [9.17, 15) is 0 Å². The molecule has 0 amide bonds. The monoisotopic (exact) mass is 204 g/mol. The molecule has 2 nitrogen and oxygen atoms in total. The fraction of sp³-hybridized carbons (Fsp3) is 0.615. The molecule has 2 heteroatoms. The maximum absolute atomic E-state index is 4.12. The second-order valence-corrected chi connectivity index (χ2v) is 4.58. The Bertz CT molecular complexity index is 278. The quantitative estimate of drug-likeness (QED) is 0.815. The highest BCUT2D eigenvalue weighted by Crippen LogP contribution is 2.27. The summed E-state index contributed by atoms with van der Waals surface area (Å²) in [6, 6.07) is 4.77. The average molecular weight is 204 g/mol. The van der Waals surface area contributed by atoms with E-state index in [1.807, 2.05) is 18.5 Å². The Hall–Kier alpha value is -0.890. The molecule has 0 unspecified atom stereocenters. The van der Waals surface area contributed by atoms with Crippen LogP contribution in [0.25, 0.3) is 0 Å². The van der Waals surface area contributed by atoms with Crippen molar-refractivity contribution in [2.75, 3.05) is 0 Å². The molecule has 0 spiro atoms. The van der Waals surface area contributed by atoms with E-state index in [1.165, 1.54) is 31.2 Å². The standard InChI is InChI=1S/C13H20N2/c1-11(13-6-2-3-7-13)15-10-12-5-4-8-14-9-12/h4-5,8-9,11,13,15H,2-3,6-7,10H2,1H3/t11-/m0/s1. The Morgan fingerprint density at radius 1 is 1.47 bits per heavy atom. The molecular weight excluding hydrogens is 184 g/mol. The summed E-state index contributed by atoms with van der Waals surface area (Å²) in [6.07, 6.45) is 9.41. The first kappa shape index (κ1) is 10.6. The van der Waals surface area contributed by atoms with Crippen LogP contribution in [0, 0.1) is 5.92 Å². The topological polar surface area (TPSA) is 24.9 Å². The molecule has 1 fully saturated rings. The van der Waals surface area contributed by atoms with Crippen LogP contribution in [0.2, 0.25) is 0 Å². The van der Waals surface area contributed by atoms with Crippen molar-refractivity contribution in [3.05, 3.63) is 30.1 Å². The number of hydrogen-bond acceptors (Lipinski definition) is 2. The molecule has 1 aromatic heterocycles. The molecular formula is C13H20N2. The number of rotatable bonds is 4. The molecule has 1 aliphatic rings. The van der Waals surface area contributed by atoms with Gasteiger partial charge in [-0.3, -0.25) is 4.98 Å². The van der Waals surface area contributed by atoms with Crippen LogP contribution in [-0.4, -0.2) is 11.0 Å². The van der Waals surface area contributed by atoms with Gasteiger partial charge in [0.05, 0.1) is 0 Å². The van der Waals surface area contributed by atoms with Gasteiger partial charge in [-0.25, -0.2) is 0 Å². The molecule has 1 aromatic rings. The van der Waals surface area contributed by atoms with E-state index in [4.69, 9.17) is 0 Å². The van der Waals surface area contributed by atoms with Crippen molar-refractivity contribution in [2.45, 2.75) is 45.2 Å². The normalized spacial score (nSPS) is 19.3. The maximum atomic E-state index is 4.12. The first-order valence-electron chi connectivity index (χ1n) is 5.98. The Morgan fingerprint density at radius 2 is 2.27 bits per heavy atom. The van der Waals surface area contributed by atoms with Crippen LogP contribution in [0.1, 0.15) is 38.2 Å². The van der Waals surface area contributed by atoms with E-state index in [2.05, 4.69) is 23.3 Å². The van der Waals surface area contributed by atoms with Gasteiger partial charge in [0.1, 0.15) is 0 Å². The molecule has 1 atom stereocenters. The lowest BCUT2D eigenvalue weighted by Crippen LogP contribution is -2.31. The van der Waals surface area contributed by atoms with Crippen molar-refractivity contribution in [1.29, 1.82) is 0 Å². The molecule has 0 aromatic carbocycles. The molecule has 82 valence electrons. The van der Waals surface area contributed by atoms with Gasteiger partial charge in [-0.1, -0.05) is 18.9 Å². The van der Waals surface area contributed by atoms with Crippen LogP contribution < -0.4 is 5.32 Å². The smallest absolute Gasteiger partial charge is 0.0312 e. The van der Waals surface area contributed by atoms with Crippen molar-refractivity contribution < 1.29 is 0 Å². The molecule has 0 saturated heterocycles. The predicted octanol–water partition coefficient (Wildman–Crippen LogP) is 2.75. The summed E-state index contributed by atoms with van der Waals surface area (Å²) in [4.78, 5) is 4.12. The third-order valence-corrected chi connectivity index (χ3v) is 3.46. The van der Waals surface area contributed by atoms with Gasteiger partial charge in [-0.05, 0) is 37.3 Å². The Labute approximate surface area is 92.1 Å². The van der Waals surface area contributed by atoms with Crippen LogP contribution in [0.3, 0.4) is 0 Å². The van der Waals surface area contributed by atoms with Gasteiger partial charge >= 0.3 is 0 Å². The number of nitrogens with one attached hydrogen (secondary N) is 1. The third-order valence-electron chi connectivity index (χ3n) is 3.46. The first-order valence-corrected chi connectivity index (χ1v) is 5.98. The van der Waals surface area contributed by atoms with Gasteiger partial charge in [0.15, 0.2) is 0 Å². The second kappa shape index (κ2) is 5.26. The zero-order valence-corrected chi connectivity index (χ0v) is 9.45. The molecule has 15 heavy (non-hydrogen) atoms. The lowest BCUT2D eigenvalue weighted by molar-refractivity contribution is 0.380. The molecule has 2 rings (SSSR count). The highest BCUT2D eigenvalue weighted by atomic mass is 14.9. The van der Waals surface area contributed by atoms with E-state index in [0.29, 0.717) is 6.04 Å². The minimum Gasteiger partial charge on any atom is -0.310 e. The summed E-state index contributed by atoms with van der Waals surface area (Å²) in [5, 5.41) is 3.60. The van der Waals surface area contributed by atoms with Crippen molar-refractivity contribution in [2.24, 2.45) is 5.92 Å². The van der Waals surface area contributed by atoms with Crippen molar-refractivity contribution in [3.63, 3.8) is 0 Å². The zero-order valence-electron chi connectivity index (χ0n) is 9.45. The van der Waals surface area contributed by atoms with E-state index in [0.717, 1.165) is 12.5 Å². The highest BCUT2D eigenvalue weighted by molar-refractivity contribution is 5.08. The lowest BCUT2D eigenvalue weighted by Gasteiger charge is -2.20. The predicted molar refractivity (Wildman–Crippen MR) is 62.5 cm³/mol. The van der Waals surface area contributed by atoms with E-state index >= 15 is 0 Å². The van der Waals surface area contributed by atoms with Crippen molar-refractivity contribution >= 4 is 0 Å². The highest BCUT2D eigenvalue weighted by Gasteiger charge is 2.20. The van der Waals surface area contributed by atoms with Gasteiger partial charge in [-0.2, -0.15) is 0 Å². The number of nitrogens with zero attached hydrogens (tertiary/aromatic N) is 1. The van der Waals surface area contributed by atoms with Gasteiger partial charge < -0.3 is 5.32 Å². The summed E-state index contributed by atoms with van der Waals surface area (Å²) in [5.74, 6) is 0.890. The van der Waals surface area contributed by atoms with Crippen LogP contribution in [0.5, 0.6) is 0 Å². The van der Waals surface area contributed by atoms with Gasteiger partial charge in [0, 0.05) is 25.0 Å². The van der Waals surface area contributed by atoms with E-state index in [-0.39, 0.29) is 0 Å². The Balaban J connectivity index is 1.77.